The number of aromatic hydroxyl groups is 1. The molecule has 3 rings (SSSR count). The lowest BCUT2D eigenvalue weighted by Gasteiger charge is -2.20. The molecular weight excluding hydrogens is 386 g/mol. The van der Waals surface area contributed by atoms with Crippen molar-refractivity contribution in [2.45, 2.75) is 20.8 Å². The molecule has 0 aliphatic carbocycles. The summed E-state index contributed by atoms with van der Waals surface area (Å²) in [5.74, 6) is 0.278. The van der Waals surface area contributed by atoms with Crippen LogP contribution in [-0.4, -0.2) is 35.9 Å². The smallest absolute Gasteiger partial charge is 0.264 e. The molecule has 0 saturated carbocycles. The second-order valence-electron chi connectivity index (χ2n) is 6.33. The molecule has 6 nitrogen and oxygen atoms in total. The lowest BCUT2D eigenvalue weighted by atomic mass is 10.2. The predicted molar refractivity (Wildman–Crippen MR) is 120 cm³/mol. The zero-order chi connectivity index (χ0) is 20.8. The Kier molecular flexibility index (Phi) is 6.82. The van der Waals surface area contributed by atoms with Crippen LogP contribution in [0.15, 0.2) is 52.4 Å². The van der Waals surface area contributed by atoms with Crippen LogP contribution >= 0.6 is 11.8 Å². The van der Waals surface area contributed by atoms with Crippen LogP contribution in [0.5, 0.6) is 11.5 Å². The average molecular weight is 412 g/mol. The highest BCUT2D eigenvalue weighted by atomic mass is 32.2. The van der Waals surface area contributed by atoms with Gasteiger partial charge >= 0.3 is 0 Å². The highest BCUT2D eigenvalue weighted by Gasteiger charge is 2.24. The number of hydrogen-bond acceptors (Lipinski definition) is 6. The third-order valence-electron chi connectivity index (χ3n) is 4.44. The molecule has 1 amide bonds. The molecule has 29 heavy (non-hydrogen) atoms. The molecular formula is C22H25N3O3S. The zero-order valence-corrected chi connectivity index (χ0v) is 17.6. The molecule has 0 aromatic heterocycles. The van der Waals surface area contributed by atoms with Crippen LogP contribution in [-0.2, 0) is 4.79 Å². The molecule has 7 heteroatoms. The van der Waals surface area contributed by atoms with Gasteiger partial charge in [-0.3, -0.25) is 4.79 Å². The van der Waals surface area contributed by atoms with Gasteiger partial charge in [-0.1, -0.05) is 6.07 Å². The van der Waals surface area contributed by atoms with Crippen molar-refractivity contribution in [3.05, 3.63) is 52.9 Å². The Balaban J connectivity index is 1.76. The fourth-order valence-electron chi connectivity index (χ4n) is 2.97. The molecule has 1 aliphatic rings. The van der Waals surface area contributed by atoms with Crippen molar-refractivity contribution in [3.63, 3.8) is 0 Å². The van der Waals surface area contributed by atoms with Gasteiger partial charge in [-0.05, 0) is 80.6 Å². The molecule has 2 aromatic carbocycles. The minimum atomic E-state index is -0.195. The van der Waals surface area contributed by atoms with E-state index in [1.165, 1.54) is 11.8 Å². The number of phenolic OH excluding ortho intramolecular Hbond substituents is 1. The van der Waals surface area contributed by atoms with Crippen LogP contribution in [0.1, 0.15) is 26.3 Å². The maximum absolute atomic E-state index is 12.3. The summed E-state index contributed by atoms with van der Waals surface area (Å²) in [7, 11) is 0. The molecule has 2 N–H and O–H groups in total. The summed E-state index contributed by atoms with van der Waals surface area (Å²) in [5.41, 5.74) is 2.71. The number of rotatable bonds is 7. The van der Waals surface area contributed by atoms with Gasteiger partial charge in [-0.2, -0.15) is 0 Å². The molecule has 1 fully saturated rings. The molecule has 0 spiro atoms. The van der Waals surface area contributed by atoms with Crippen molar-refractivity contribution in [2.24, 2.45) is 4.99 Å². The number of thioether (sulfide) groups is 1. The van der Waals surface area contributed by atoms with Crippen LogP contribution in [0.3, 0.4) is 0 Å². The number of anilines is 1. The van der Waals surface area contributed by atoms with Gasteiger partial charge in [0, 0.05) is 18.8 Å². The van der Waals surface area contributed by atoms with Crippen LogP contribution in [0.2, 0.25) is 0 Å². The topological polar surface area (TPSA) is 74.2 Å². The van der Waals surface area contributed by atoms with Gasteiger partial charge in [0.1, 0.15) is 0 Å². The van der Waals surface area contributed by atoms with Crippen LogP contribution in [0.25, 0.3) is 6.08 Å². The van der Waals surface area contributed by atoms with Crippen molar-refractivity contribution in [2.75, 3.05) is 24.6 Å². The molecule has 152 valence electrons. The van der Waals surface area contributed by atoms with E-state index in [0.29, 0.717) is 22.4 Å². The number of amides is 1. The van der Waals surface area contributed by atoms with Crippen LogP contribution < -0.4 is 15.0 Å². The minimum absolute atomic E-state index is 0.0768. The summed E-state index contributed by atoms with van der Waals surface area (Å²) in [4.78, 5) is 19.6. The number of aliphatic imine (C=N–C) groups is 1. The summed E-state index contributed by atoms with van der Waals surface area (Å²) in [6.07, 6.45) is 1.76. The van der Waals surface area contributed by atoms with Gasteiger partial charge in [0.25, 0.3) is 5.91 Å². The van der Waals surface area contributed by atoms with Crippen LogP contribution in [0, 0.1) is 0 Å². The van der Waals surface area contributed by atoms with Gasteiger partial charge in [0.05, 0.1) is 17.2 Å². The molecule has 1 aliphatic heterocycles. The van der Waals surface area contributed by atoms with E-state index < -0.39 is 0 Å². The molecule has 0 bridgehead atoms. The third kappa shape index (κ3) is 5.12. The van der Waals surface area contributed by atoms with Crippen molar-refractivity contribution in [1.29, 1.82) is 0 Å². The molecule has 0 radical (unpaired) electrons. The highest BCUT2D eigenvalue weighted by molar-refractivity contribution is 8.18. The number of carbonyl (C=O) groups excluding carboxylic acids is 1. The van der Waals surface area contributed by atoms with Gasteiger partial charge in [0.15, 0.2) is 16.7 Å². The van der Waals surface area contributed by atoms with Gasteiger partial charge in [-0.25, -0.2) is 4.99 Å². The number of hydrogen-bond donors (Lipinski definition) is 2. The lowest BCUT2D eigenvalue weighted by molar-refractivity contribution is -0.115. The van der Waals surface area contributed by atoms with Crippen molar-refractivity contribution in [3.8, 4) is 11.5 Å². The first-order chi connectivity index (χ1) is 14.0. The predicted octanol–water partition coefficient (Wildman–Crippen LogP) is 4.53. The Bertz CT molecular complexity index is 935. The molecule has 1 saturated heterocycles. The van der Waals surface area contributed by atoms with Gasteiger partial charge in [-0.15, -0.1) is 0 Å². The molecule has 0 atom stereocenters. The second-order valence-corrected chi connectivity index (χ2v) is 7.36. The number of nitrogens with zero attached hydrogens (tertiary/aromatic N) is 2. The monoisotopic (exact) mass is 411 g/mol. The maximum atomic E-state index is 12.3. The van der Waals surface area contributed by atoms with Crippen molar-refractivity contribution < 1.29 is 14.6 Å². The minimum Gasteiger partial charge on any atom is -0.504 e. The Morgan fingerprint density at radius 2 is 1.86 bits per heavy atom. The fourth-order valence-corrected chi connectivity index (χ4v) is 3.81. The van der Waals surface area contributed by atoms with E-state index in [4.69, 9.17) is 4.74 Å². The number of carbonyl (C=O) groups is 1. The van der Waals surface area contributed by atoms with E-state index in [-0.39, 0.29) is 11.7 Å². The number of amidine groups is 1. The normalized spacial score (nSPS) is 16.3. The molecule has 1 heterocycles. The summed E-state index contributed by atoms with van der Waals surface area (Å²) in [6, 6.07) is 13.0. The van der Waals surface area contributed by atoms with E-state index in [1.807, 2.05) is 31.2 Å². The Labute approximate surface area is 175 Å². The summed E-state index contributed by atoms with van der Waals surface area (Å²) < 4.78 is 5.40. The van der Waals surface area contributed by atoms with E-state index in [2.05, 4.69) is 29.1 Å². The Morgan fingerprint density at radius 1 is 1.14 bits per heavy atom. The average Bonchev–Trinajstić information content (AvgIpc) is 3.05. The van der Waals surface area contributed by atoms with E-state index in [0.717, 1.165) is 30.0 Å². The van der Waals surface area contributed by atoms with Crippen molar-refractivity contribution in [1.82, 2.24) is 5.32 Å². The summed E-state index contributed by atoms with van der Waals surface area (Å²) in [6.45, 7) is 8.46. The number of ether oxygens (including phenoxy) is 1. The fraction of sp³-hybridized carbons (Fsp3) is 0.273. The standard InChI is InChI=1S/C22H25N3O3S/c1-4-25(5-2)17-10-8-16(9-11-17)23-22-24-21(27)20(29-22)14-15-7-12-18(26)19(13-15)28-6-3/h7-14,26H,4-6H2,1-3H3,(H,23,24,27). The van der Waals surface area contributed by atoms with Crippen LogP contribution in [0.4, 0.5) is 11.4 Å². The maximum Gasteiger partial charge on any atom is 0.264 e. The second kappa shape index (κ2) is 9.52. The number of phenols is 1. The van der Waals surface area contributed by atoms with E-state index in [9.17, 15) is 9.90 Å². The van der Waals surface area contributed by atoms with Gasteiger partial charge in [0.2, 0.25) is 0 Å². The number of nitrogens with one attached hydrogen (secondary N) is 1. The first-order valence-electron chi connectivity index (χ1n) is 9.64. The quantitative estimate of drug-likeness (QED) is 0.655. The lowest BCUT2D eigenvalue weighted by Crippen LogP contribution is -2.21. The Hall–Kier alpha value is -2.93. The third-order valence-corrected chi connectivity index (χ3v) is 5.35. The molecule has 0 unspecified atom stereocenters. The molecule has 2 aromatic rings. The SMILES string of the molecule is CCOc1cc(C=C2SC(=Nc3ccc(N(CC)CC)cc3)NC2=O)ccc1O. The van der Waals surface area contributed by atoms with Crippen molar-refractivity contribution >= 4 is 40.3 Å². The Morgan fingerprint density at radius 3 is 2.52 bits per heavy atom. The largest absolute Gasteiger partial charge is 0.504 e. The van der Waals surface area contributed by atoms with E-state index in [1.54, 1.807) is 24.3 Å². The first-order valence-corrected chi connectivity index (χ1v) is 10.5. The van der Waals surface area contributed by atoms with E-state index >= 15 is 0 Å². The summed E-state index contributed by atoms with van der Waals surface area (Å²) in [5, 5.41) is 13.2. The summed E-state index contributed by atoms with van der Waals surface area (Å²) >= 11 is 1.29. The highest BCUT2D eigenvalue weighted by Crippen LogP contribution is 2.32. The number of benzene rings is 2. The zero-order valence-electron chi connectivity index (χ0n) is 16.8. The van der Waals surface area contributed by atoms with Gasteiger partial charge < -0.3 is 20.1 Å². The first kappa shape index (κ1) is 20.8.